The Balaban J connectivity index is 2.63. The zero-order valence-electron chi connectivity index (χ0n) is 5.96. The summed E-state index contributed by atoms with van der Waals surface area (Å²) in [7, 11) is 0. The van der Waals surface area contributed by atoms with Crippen LogP contribution in [0.1, 0.15) is 6.42 Å². The molecule has 0 heterocycles. The zero-order chi connectivity index (χ0) is 8.59. The van der Waals surface area contributed by atoms with Gasteiger partial charge in [0.25, 0.3) is 0 Å². The van der Waals surface area contributed by atoms with Crippen molar-refractivity contribution >= 4 is 0 Å². The first-order valence-electron chi connectivity index (χ1n) is 3.52. The summed E-state index contributed by atoms with van der Waals surface area (Å²) < 4.78 is 0. The Bertz CT molecular complexity index is 129. The van der Waals surface area contributed by atoms with Crippen LogP contribution in [0.2, 0.25) is 0 Å². The van der Waals surface area contributed by atoms with E-state index in [2.05, 4.69) is 0 Å². The van der Waals surface area contributed by atoms with Crippen LogP contribution in [0, 0.1) is 0 Å². The average Bonchev–Trinajstić information content (AvgIpc) is 1.97. The maximum atomic E-state index is 9.09. The Labute approximate surface area is 64.1 Å². The Morgan fingerprint density at radius 2 is 1.45 bits per heavy atom. The molecule has 0 spiro atoms. The van der Waals surface area contributed by atoms with Gasteiger partial charge in [0.05, 0.1) is 24.4 Å². The predicted molar refractivity (Wildman–Crippen MR) is 36.6 cm³/mol. The molecule has 0 saturated heterocycles. The zero-order valence-corrected chi connectivity index (χ0v) is 5.96. The molecule has 0 radical (unpaired) electrons. The minimum absolute atomic E-state index is 0.0133. The Morgan fingerprint density at radius 1 is 0.909 bits per heavy atom. The third-order valence-electron chi connectivity index (χ3n) is 2.07. The van der Waals surface area contributed by atoms with Crippen molar-refractivity contribution in [3.8, 4) is 0 Å². The molecule has 5 heteroatoms. The van der Waals surface area contributed by atoms with Gasteiger partial charge in [-0.2, -0.15) is 0 Å². The molecular formula is C6H13NO4. The normalized spacial score (nSPS) is 52.6. The molecule has 11 heavy (non-hydrogen) atoms. The van der Waals surface area contributed by atoms with E-state index < -0.39 is 30.5 Å². The average molecular weight is 163 g/mol. The van der Waals surface area contributed by atoms with Crippen LogP contribution in [-0.2, 0) is 0 Å². The summed E-state index contributed by atoms with van der Waals surface area (Å²) in [5, 5.41) is 36.2. The molecule has 1 fully saturated rings. The van der Waals surface area contributed by atoms with Crippen molar-refractivity contribution in [2.75, 3.05) is 0 Å². The van der Waals surface area contributed by atoms with Crippen LogP contribution >= 0.6 is 0 Å². The van der Waals surface area contributed by atoms with Crippen LogP contribution < -0.4 is 5.73 Å². The van der Waals surface area contributed by atoms with Gasteiger partial charge in [0.1, 0.15) is 6.10 Å². The summed E-state index contributed by atoms with van der Waals surface area (Å²) in [5.74, 6) is 0. The van der Waals surface area contributed by atoms with E-state index in [9.17, 15) is 0 Å². The molecule has 0 aromatic rings. The van der Waals surface area contributed by atoms with Crippen LogP contribution in [0.5, 0.6) is 0 Å². The van der Waals surface area contributed by atoms with E-state index in [4.69, 9.17) is 26.2 Å². The number of hydrogen-bond acceptors (Lipinski definition) is 5. The molecule has 0 aliphatic heterocycles. The van der Waals surface area contributed by atoms with E-state index in [0.29, 0.717) is 0 Å². The first-order valence-corrected chi connectivity index (χ1v) is 3.52. The lowest BCUT2D eigenvalue weighted by molar-refractivity contribution is -0.127. The fourth-order valence-electron chi connectivity index (χ4n) is 1.23. The van der Waals surface area contributed by atoms with E-state index in [1.807, 2.05) is 0 Å². The molecule has 0 amide bonds. The van der Waals surface area contributed by atoms with Gasteiger partial charge in [-0.3, -0.25) is 0 Å². The predicted octanol–water partition coefficient (Wildman–Crippen LogP) is -2.84. The fraction of sp³-hybridized carbons (Fsp3) is 1.00. The van der Waals surface area contributed by atoms with Gasteiger partial charge in [0, 0.05) is 6.42 Å². The largest absolute Gasteiger partial charge is 0.391 e. The van der Waals surface area contributed by atoms with Crippen LogP contribution in [0.25, 0.3) is 0 Å². The number of rotatable bonds is 0. The van der Waals surface area contributed by atoms with E-state index in [0.717, 1.165) is 0 Å². The molecule has 5 nitrogen and oxygen atoms in total. The van der Waals surface area contributed by atoms with Gasteiger partial charge < -0.3 is 26.2 Å². The highest BCUT2D eigenvalue weighted by molar-refractivity contribution is 4.94. The molecule has 0 bridgehead atoms. The van der Waals surface area contributed by atoms with Crippen molar-refractivity contribution in [1.29, 1.82) is 0 Å². The van der Waals surface area contributed by atoms with Gasteiger partial charge in [-0.1, -0.05) is 0 Å². The molecule has 0 aromatic carbocycles. The Hall–Kier alpha value is -0.200. The number of aliphatic hydroxyl groups excluding tert-OH is 4. The van der Waals surface area contributed by atoms with Crippen LogP contribution in [0.4, 0.5) is 0 Å². The molecule has 0 unspecified atom stereocenters. The van der Waals surface area contributed by atoms with Gasteiger partial charge in [-0.15, -0.1) is 0 Å². The Kier molecular flexibility index (Phi) is 2.46. The van der Waals surface area contributed by atoms with E-state index >= 15 is 0 Å². The fourth-order valence-corrected chi connectivity index (χ4v) is 1.23. The lowest BCUT2D eigenvalue weighted by Gasteiger charge is -2.36. The summed E-state index contributed by atoms with van der Waals surface area (Å²) in [6.45, 7) is 0. The Morgan fingerprint density at radius 3 is 2.00 bits per heavy atom. The van der Waals surface area contributed by atoms with E-state index in [1.54, 1.807) is 0 Å². The number of nitrogens with two attached hydrogens (primary N) is 1. The maximum Gasteiger partial charge on any atom is 0.107 e. The first kappa shape index (κ1) is 8.89. The molecule has 5 atom stereocenters. The molecule has 66 valence electrons. The smallest absolute Gasteiger partial charge is 0.107 e. The van der Waals surface area contributed by atoms with Crippen molar-refractivity contribution in [2.24, 2.45) is 5.73 Å². The minimum Gasteiger partial charge on any atom is -0.391 e. The SMILES string of the molecule is N[C@@H]1[C@@H](O)[C@H](O)[C@H](O)C[C@H]1O. The van der Waals surface area contributed by atoms with Gasteiger partial charge >= 0.3 is 0 Å². The third-order valence-corrected chi connectivity index (χ3v) is 2.07. The second kappa shape index (κ2) is 3.04. The molecule has 1 saturated carbocycles. The first-order chi connectivity index (χ1) is 5.04. The summed E-state index contributed by atoms with van der Waals surface area (Å²) in [4.78, 5) is 0. The molecule has 6 N–H and O–H groups in total. The van der Waals surface area contributed by atoms with Gasteiger partial charge in [0.15, 0.2) is 0 Å². The quantitative estimate of drug-likeness (QED) is 0.264. The van der Waals surface area contributed by atoms with E-state index in [-0.39, 0.29) is 6.42 Å². The topological polar surface area (TPSA) is 107 Å². The molecule has 1 aliphatic carbocycles. The van der Waals surface area contributed by atoms with Crippen molar-refractivity contribution in [3.63, 3.8) is 0 Å². The number of hydrogen-bond donors (Lipinski definition) is 5. The highest BCUT2D eigenvalue weighted by Crippen LogP contribution is 2.18. The minimum atomic E-state index is -1.24. The van der Waals surface area contributed by atoms with Crippen LogP contribution in [-0.4, -0.2) is 50.9 Å². The lowest BCUT2D eigenvalue weighted by atomic mass is 9.86. The van der Waals surface area contributed by atoms with Crippen LogP contribution in [0.3, 0.4) is 0 Å². The summed E-state index contributed by atoms with van der Waals surface area (Å²) in [6, 6.07) is -0.867. The van der Waals surface area contributed by atoms with Crippen molar-refractivity contribution in [2.45, 2.75) is 36.9 Å². The maximum absolute atomic E-state index is 9.09. The lowest BCUT2D eigenvalue weighted by Crippen LogP contribution is -2.59. The highest BCUT2D eigenvalue weighted by atomic mass is 16.4. The molecule has 0 aromatic heterocycles. The van der Waals surface area contributed by atoms with Gasteiger partial charge in [-0.05, 0) is 0 Å². The van der Waals surface area contributed by atoms with Crippen molar-refractivity contribution in [3.05, 3.63) is 0 Å². The van der Waals surface area contributed by atoms with Gasteiger partial charge in [-0.25, -0.2) is 0 Å². The molecule has 1 aliphatic rings. The number of aliphatic hydroxyl groups is 4. The van der Waals surface area contributed by atoms with E-state index in [1.165, 1.54) is 0 Å². The van der Waals surface area contributed by atoms with Crippen LogP contribution in [0.15, 0.2) is 0 Å². The standard InChI is InChI=1S/C6H13NO4/c7-4-2(8)1-3(9)5(10)6(4)11/h2-6,8-11H,1,7H2/t2-,3-,4+,5-,6-/m1/s1. The second-order valence-corrected chi connectivity index (χ2v) is 2.93. The van der Waals surface area contributed by atoms with Crippen molar-refractivity contribution in [1.82, 2.24) is 0 Å². The summed E-state index contributed by atoms with van der Waals surface area (Å²) in [6.07, 6.45) is -4.50. The molecule has 1 rings (SSSR count). The summed E-state index contributed by atoms with van der Waals surface area (Å²) >= 11 is 0. The second-order valence-electron chi connectivity index (χ2n) is 2.93. The highest BCUT2D eigenvalue weighted by Gasteiger charge is 2.39. The monoisotopic (exact) mass is 163 g/mol. The molecular weight excluding hydrogens is 150 g/mol. The van der Waals surface area contributed by atoms with Crippen molar-refractivity contribution < 1.29 is 20.4 Å². The van der Waals surface area contributed by atoms with Gasteiger partial charge in [0.2, 0.25) is 0 Å². The third kappa shape index (κ3) is 1.52. The summed E-state index contributed by atoms with van der Waals surface area (Å²) in [5.41, 5.74) is 5.30.